The van der Waals surface area contributed by atoms with Crippen molar-refractivity contribution in [3.63, 3.8) is 0 Å². The van der Waals surface area contributed by atoms with E-state index in [1.165, 1.54) is 0 Å². The summed E-state index contributed by atoms with van der Waals surface area (Å²) in [5, 5.41) is 3.16. The fourth-order valence-corrected chi connectivity index (χ4v) is 5.45. The van der Waals surface area contributed by atoms with Gasteiger partial charge in [0.25, 0.3) is 5.91 Å². The van der Waals surface area contributed by atoms with Crippen molar-refractivity contribution in [2.75, 3.05) is 11.1 Å². The Balaban J connectivity index is 1.67. The van der Waals surface area contributed by atoms with Gasteiger partial charge in [0.05, 0.1) is 23.7 Å². The molecule has 5 N–H and O–H groups in total. The summed E-state index contributed by atoms with van der Waals surface area (Å²) in [7, 11) is 2.36. The molecule has 2 aromatic heterocycles. The van der Waals surface area contributed by atoms with Crippen LogP contribution in [0.15, 0.2) is 36.7 Å². The van der Waals surface area contributed by atoms with Crippen LogP contribution in [0.2, 0.25) is 0 Å². The van der Waals surface area contributed by atoms with Crippen molar-refractivity contribution < 1.29 is 18.3 Å². The van der Waals surface area contributed by atoms with E-state index in [9.17, 15) is 9.18 Å². The summed E-state index contributed by atoms with van der Waals surface area (Å²) in [5.74, 6) is -1.31. The van der Waals surface area contributed by atoms with Gasteiger partial charge in [0.1, 0.15) is 17.3 Å². The van der Waals surface area contributed by atoms with Crippen LogP contribution in [0.25, 0.3) is 11.3 Å². The lowest BCUT2D eigenvalue weighted by Crippen LogP contribution is -2.31. The molecule has 1 aliphatic carbocycles. The zero-order valence-electron chi connectivity index (χ0n) is 21.1. The molecule has 4 rings (SSSR count). The Morgan fingerprint density at radius 2 is 1.95 bits per heavy atom. The molecule has 0 spiro atoms. The van der Waals surface area contributed by atoms with E-state index in [-0.39, 0.29) is 40.7 Å². The minimum absolute atomic E-state index is 0.0794. The molecule has 1 aliphatic rings. The van der Waals surface area contributed by atoms with E-state index in [2.05, 4.69) is 31.4 Å². The van der Waals surface area contributed by atoms with Gasteiger partial charge < -0.3 is 21.5 Å². The number of nitrogen functional groups attached to an aromatic ring is 1. The molecular formula is C27H32F2N5O2P. The van der Waals surface area contributed by atoms with Gasteiger partial charge in [0.15, 0.2) is 11.5 Å². The Morgan fingerprint density at radius 1 is 1.19 bits per heavy atom. The summed E-state index contributed by atoms with van der Waals surface area (Å²) in [6.07, 6.45) is 5.77. The van der Waals surface area contributed by atoms with Gasteiger partial charge in [0.2, 0.25) is 0 Å². The first-order valence-corrected chi connectivity index (χ1v) is 12.8. The zero-order chi connectivity index (χ0) is 26.9. The van der Waals surface area contributed by atoms with Gasteiger partial charge in [-0.25, -0.2) is 13.8 Å². The number of hydrogen-bond donors (Lipinski definition) is 3. The van der Waals surface area contributed by atoms with Gasteiger partial charge in [-0.1, -0.05) is 6.92 Å². The van der Waals surface area contributed by atoms with Crippen LogP contribution in [0.4, 0.5) is 20.2 Å². The number of carbonyl (C=O) groups excluding carboxylic acids is 1. The van der Waals surface area contributed by atoms with Gasteiger partial charge in [-0.2, -0.15) is 0 Å². The summed E-state index contributed by atoms with van der Waals surface area (Å²) >= 11 is 0. The number of benzene rings is 1. The maximum Gasteiger partial charge on any atom is 0.276 e. The van der Waals surface area contributed by atoms with Gasteiger partial charge in [-0.15, -0.1) is 9.24 Å². The van der Waals surface area contributed by atoms with E-state index in [4.69, 9.17) is 16.2 Å². The Kier molecular flexibility index (Phi) is 8.05. The number of anilines is 2. The van der Waals surface area contributed by atoms with Crippen molar-refractivity contribution in [3.8, 4) is 17.0 Å². The molecule has 37 heavy (non-hydrogen) atoms. The third-order valence-corrected chi connectivity index (χ3v) is 6.90. The Morgan fingerprint density at radius 3 is 2.62 bits per heavy atom. The van der Waals surface area contributed by atoms with Gasteiger partial charge in [-0.3, -0.25) is 9.78 Å². The SMILES string of the molecule is CC1CC(N)CC(c2ccncc2NC(=O)c2nc(-c3c(F)cc(OC(C)C)cc3P)c(F)cc2N)C1. The molecule has 0 aliphatic heterocycles. The third kappa shape index (κ3) is 6.05. The van der Waals surface area contributed by atoms with Crippen LogP contribution in [-0.4, -0.2) is 28.0 Å². The smallest absolute Gasteiger partial charge is 0.276 e. The van der Waals surface area contributed by atoms with Gasteiger partial charge in [-0.05, 0) is 67.9 Å². The molecule has 2 heterocycles. The van der Waals surface area contributed by atoms with E-state index in [0.29, 0.717) is 22.7 Å². The molecule has 1 fully saturated rings. The van der Waals surface area contributed by atoms with Crippen molar-refractivity contribution in [2.45, 2.75) is 58.1 Å². The highest BCUT2D eigenvalue weighted by molar-refractivity contribution is 7.28. The van der Waals surface area contributed by atoms with Crippen molar-refractivity contribution in [1.82, 2.24) is 9.97 Å². The molecule has 0 bridgehead atoms. The van der Waals surface area contributed by atoms with E-state index in [0.717, 1.165) is 37.0 Å². The lowest BCUT2D eigenvalue weighted by Gasteiger charge is -2.32. The van der Waals surface area contributed by atoms with Crippen LogP contribution in [0.1, 0.15) is 62.0 Å². The predicted molar refractivity (Wildman–Crippen MR) is 145 cm³/mol. The van der Waals surface area contributed by atoms with Gasteiger partial charge in [0, 0.05) is 29.9 Å². The van der Waals surface area contributed by atoms with E-state index in [1.54, 1.807) is 18.5 Å². The molecule has 1 amide bonds. The molecular weight excluding hydrogens is 495 g/mol. The van der Waals surface area contributed by atoms with Crippen molar-refractivity contribution in [2.24, 2.45) is 11.7 Å². The molecule has 1 saturated carbocycles. The first-order chi connectivity index (χ1) is 17.5. The van der Waals surface area contributed by atoms with Crippen molar-refractivity contribution in [1.29, 1.82) is 0 Å². The number of hydrogen-bond acceptors (Lipinski definition) is 6. The molecule has 0 saturated heterocycles. The molecule has 4 atom stereocenters. The number of nitrogens with zero attached hydrogens (tertiary/aromatic N) is 2. The first-order valence-electron chi connectivity index (χ1n) is 12.3. The normalized spacial score (nSPS) is 19.6. The summed E-state index contributed by atoms with van der Waals surface area (Å²) in [6.45, 7) is 5.80. The maximum absolute atomic E-state index is 15.1. The predicted octanol–water partition coefficient (Wildman–Crippen LogP) is 4.77. The number of amides is 1. The van der Waals surface area contributed by atoms with Crippen LogP contribution in [0, 0.1) is 17.6 Å². The summed E-state index contributed by atoms with van der Waals surface area (Å²) in [4.78, 5) is 21.6. The fraction of sp³-hybridized carbons (Fsp3) is 0.370. The second kappa shape index (κ2) is 11.1. The third-order valence-electron chi connectivity index (χ3n) is 6.45. The monoisotopic (exact) mass is 527 g/mol. The summed E-state index contributed by atoms with van der Waals surface area (Å²) in [6, 6.07) is 5.66. The number of ether oxygens (including phenoxy) is 1. The Hall–Kier alpha value is -3.16. The van der Waals surface area contributed by atoms with Crippen molar-refractivity contribution >= 4 is 31.8 Å². The second-order valence-corrected chi connectivity index (χ2v) is 10.6. The number of halogens is 2. The molecule has 7 nitrogen and oxygen atoms in total. The Bertz CT molecular complexity index is 1290. The number of nitrogens with two attached hydrogens (primary N) is 2. The highest BCUT2D eigenvalue weighted by Gasteiger charge is 2.28. The molecule has 3 aromatic rings. The van der Waals surface area contributed by atoms with Crippen LogP contribution >= 0.6 is 9.24 Å². The molecule has 4 unspecified atom stereocenters. The number of pyridine rings is 2. The zero-order valence-corrected chi connectivity index (χ0v) is 22.2. The van der Waals surface area contributed by atoms with Crippen molar-refractivity contribution in [3.05, 3.63) is 59.6 Å². The van der Waals surface area contributed by atoms with E-state index >= 15 is 4.39 Å². The summed E-state index contributed by atoms with van der Waals surface area (Å²) < 4.78 is 35.6. The van der Waals surface area contributed by atoms with Crippen LogP contribution in [-0.2, 0) is 0 Å². The highest BCUT2D eigenvalue weighted by atomic mass is 31.0. The lowest BCUT2D eigenvalue weighted by molar-refractivity contribution is 0.102. The van der Waals surface area contributed by atoms with Crippen LogP contribution in [0.5, 0.6) is 5.75 Å². The van der Waals surface area contributed by atoms with E-state index in [1.807, 2.05) is 19.9 Å². The lowest BCUT2D eigenvalue weighted by atomic mass is 9.76. The average molecular weight is 528 g/mol. The molecule has 196 valence electrons. The van der Waals surface area contributed by atoms with Crippen LogP contribution < -0.4 is 26.8 Å². The number of nitrogens with one attached hydrogen (secondary N) is 1. The maximum atomic E-state index is 15.1. The largest absolute Gasteiger partial charge is 0.491 e. The first kappa shape index (κ1) is 26.9. The molecule has 10 heteroatoms. The minimum Gasteiger partial charge on any atom is -0.491 e. The standard InChI is InChI=1S/C27H32F2N5O2P/c1-13(2)36-17-9-19(28)24(23(37)10-17)25-20(29)11-21(31)26(34-25)27(35)33-22-12-32-5-4-18(22)15-6-14(3)7-16(30)8-15/h4-5,9-16H,6-8,30-31,37H2,1-3H3,(H,33,35). The number of aromatic nitrogens is 2. The quantitative estimate of drug-likeness (QED) is 0.398. The molecule has 1 aromatic carbocycles. The second-order valence-electron chi connectivity index (χ2n) is 9.98. The summed E-state index contributed by atoms with van der Waals surface area (Å²) in [5.41, 5.74) is 12.9. The highest BCUT2D eigenvalue weighted by Crippen LogP contribution is 2.38. The number of rotatable bonds is 6. The minimum atomic E-state index is -0.846. The average Bonchev–Trinajstić information content (AvgIpc) is 2.79. The number of carbonyl (C=O) groups is 1. The Labute approximate surface area is 217 Å². The van der Waals surface area contributed by atoms with Crippen LogP contribution in [0.3, 0.4) is 0 Å². The van der Waals surface area contributed by atoms with Gasteiger partial charge >= 0.3 is 0 Å². The van der Waals surface area contributed by atoms with E-state index < -0.39 is 17.5 Å². The fourth-order valence-electron chi connectivity index (χ4n) is 5.01. The topological polar surface area (TPSA) is 116 Å². The molecule has 0 radical (unpaired) electrons.